The van der Waals surface area contributed by atoms with Crippen LogP contribution in [-0.4, -0.2) is 20.8 Å². The molecule has 0 aliphatic carbocycles. The summed E-state index contributed by atoms with van der Waals surface area (Å²) in [4.78, 5) is 38.7. The van der Waals surface area contributed by atoms with E-state index in [1.165, 1.54) is 12.1 Å². The van der Waals surface area contributed by atoms with Gasteiger partial charge in [-0.15, -0.1) is 0 Å². The lowest BCUT2D eigenvalue weighted by molar-refractivity contribution is -0.385. The molecule has 108 valence electrons. The van der Waals surface area contributed by atoms with Crippen LogP contribution in [0.1, 0.15) is 10.4 Å². The molecular weight excluding hydrogens is 302 g/mol. The Hall–Kier alpha value is -2.94. The summed E-state index contributed by atoms with van der Waals surface area (Å²) in [6.07, 6.45) is 0.975. The van der Waals surface area contributed by atoms with Crippen molar-refractivity contribution < 1.29 is 9.72 Å². The van der Waals surface area contributed by atoms with Gasteiger partial charge in [0, 0.05) is 10.6 Å². The van der Waals surface area contributed by atoms with Crippen molar-refractivity contribution in [1.29, 1.82) is 0 Å². The molecule has 1 heterocycles. The molecule has 10 heteroatoms. The molecule has 0 saturated heterocycles. The number of hydrogen-bond acceptors (Lipinski definition) is 6. The summed E-state index contributed by atoms with van der Waals surface area (Å²) < 4.78 is 0. The summed E-state index contributed by atoms with van der Waals surface area (Å²) in [6, 6.07) is 6.08. The third-order valence-corrected chi connectivity index (χ3v) is 2.63. The molecule has 2 aromatic rings. The first-order chi connectivity index (χ1) is 9.99. The van der Waals surface area contributed by atoms with Crippen molar-refractivity contribution in [3.05, 3.63) is 61.6 Å². The number of anilines is 1. The molecule has 1 aromatic carbocycles. The number of aromatic nitrogens is 2. The Morgan fingerprint density at radius 1 is 1.43 bits per heavy atom. The van der Waals surface area contributed by atoms with Crippen LogP contribution in [0.15, 0.2) is 35.4 Å². The predicted octanol–water partition coefficient (Wildman–Crippen LogP) is 1.09. The van der Waals surface area contributed by atoms with Gasteiger partial charge in [-0.2, -0.15) is 0 Å². The van der Waals surface area contributed by atoms with Gasteiger partial charge in [0.1, 0.15) is 0 Å². The van der Waals surface area contributed by atoms with Crippen LogP contribution in [0.4, 0.5) is 11.5 Å². The van der Waals surface area contributed by atoms with Crippen LogP contribution in [0.2, 0.25) is 5.02 Å². The van der Waals surface area contributed by atoms with Crippen LogP contribution in [0, 0.1) is 10.1 Å². The first-order valence-corrected chi connectivity index (χ1v) is 5.91. The Morgan fingerprint density at radius 3 is 2.86 bits per heavy atom. The third-order valence-electron chi connectivity index (χ3n) is 2.39. The van der Waals surface area contributed by atoms with Gasteiger partial charge in [-0.25, -0.2) is 4.98 Å². The highest BCUT2D eigenvalue weighted by Crippen LogP contribution is 2.14. The number of H-pyrrole nitrogens is 1. The van der Waals surface area contributed by atoms with Crippen molar-refractivity contribution in [2.45, 2.75) is 0 Å². The molecule has 2 rings (SSSR count). The van der Waals surface area contributed by atoms with E-state index < -0.39 is 22.1 Å². The highest BCUT2D eigenvalue weighted by Gasteiger charge is 2.20. The molecule has 0 bridgehead atoms. The molecule has 3 N–H and O–H groups in total. The molecule has 0 aliphatic heterocycles. The fourth-order valence-electron chi connectivity index (χ4n) is 1.47. The standard InChI is InChI=1S/C11H8ClN5O4/c12-7-3-1-2-6(4-7)10(18)16-15-9-8(17(20)21)11(19)14-5-13-9/h1-5H,(H,16,18)(H2,13,14,15,19). The summed E-state index contributed by atoms with van der Waals surface area (Å²) >= 11 is 5.75. The van der Waals surface area contributed by atoms with Gasteiger partial charge in [0.05, 0.1) is 11.3 Å². The number of nitrogens with one attached hydrogen (secondary N) is 3. The van der Waals surface area contributed by atoms with Gasteiger partial charge in [0.15, 0.2) is 0 Å². The maximum atomic E-state index is 11.8. The summed E-state index contributed by atoms with van der Waals surface area (Å²) in [6.45, 7) is 0. The first-order valence-electron chi connectivity index (χ1n) is 5.53. The van der Waals surface area contributed by atoms with E-state index in [-0.39, 0.29) is 11.4 Å². The molecule has 0 aliphatic rings. The Labute approximate surface area is 122 Å². The number of benzene rings is 1. The molecule has 0 saturated carbocycles. The lowest BCUT2D eigenvalue weighted by atomic mass is 10.2. The van der Waals surface area contributed by atoms with Gasteiger partial charge < -0.3 is 4.98 Å². The molecule has 0 fully saturated rings. The summed E-state index contributed by atoms with van der Waals surface area (Å²) in [5, 5.41) is 11.1. The van der Waals surface area contributed by atoms with Gasteiger partial charge in [-0.3, -0.25) is 30.6 Å². The van der Waals surface area contributed by atoms with E-state index >= 15 is 0 Å². The second-order valence-electron chi connectivity index (χ2n) is 3.78. The zero-order valence-corrected chi connectivity index (χ0v) is 11.0. The van der Waals surface area contributed by atoms with Crippen LogP contribution in [0.5, 0.6) is 0 Å². The van der Waals surface area contributed by atoms with Crippen molar-refractivity contribution in [2.24, 2.45) is 0 Å². The quantitative estimate of drug-likeness (QED) is 0.572. The van der Waals surface area contributed by atoms with E-state index in [9.17, 15) is 19.7 Å². The van der Waals surface area contributed by atoms with E-state index in [1.807, 2.05) is 0 Å². The normalized spacial score (nSPS) is 9.95. The molecular formula is C11H8ClN5O4. The molecule has 0 atom stereocenters. The second kappa shape index (κ2) is 6.01. The number of rotatable bonds is 4. The maximum Gasteiger partial charge on any atom is 0.377 e. The SMILES string of the molecule is O=C(NNc1nc[nH]c(=O)c1[N+](=O)[O-])c1cccc(Cl)c1. The Bertz CT molecular complexity index is 760. The van der Waals surface area contributed by atoms with Gasteiger partial charge in [0.25, 0.3) is 5.91 Å². The summed E-state index contributed by atoms with van der Waals surface area (Å²) in [7, 11) is 0. The largest absolute Gasteiger partial charge is 0.377 e. The van der Waals surface area contributed by atoms with Gasteiger partial charge in [-0.05, 0) is 18.2 Å². The van der Waals surface area contributed by atoms with Crippen molar-refractivity contribution >= 4 is 29.0 Å². The van der Waals surface area contributed by atoms with Gasteiger partial charge >= 0.3 is 11.2 Å². The number of carbonyl (C=O) groups excluding carboxylic acids is 1. The average molecular weight is 310 g/mol. The number of amides is 1. The number of hydrogen-bond donors (Lipinski definition) is 3. The zero-order valence-electron chi connectivity index (χ0n) is 10.3. The zero-order chi connectivity index (χ0) is 15.4. The minimum atomic E-state index is -0.936. The Kier molecular flexibility index (Phi) is 4.14. The van der Waals surface area contributed by atoms with Crippen LogP contribution >= 0.6 is 11.6 Å². The monoisotopic (exact) mass is 309 g/mol. The predicted molar refractivity (Wildman–Crippen MR) is 74.1 cm³/mol. The molecule has 9 nitrogen and oxygen atoms in total. The molecule has 1 aromatic heterocycles. The fraction of sp³-hybridized carbons (Fsp3) is 0. The highest BCUT2D eigenvalue weighted by molar-refractivity contribution is 6.30. The molecule has 0 radical (unpaired) electrons. The summed E-state index contributed by atoms with van der Waals surface area (Å²) in [5.74, 6) is -0.965. The van der Waals surface area contributed by atoms with E-state index in [0.717, 1.165) is 6.33 Å². The van der Waals surface area contributed by atoms with E-state index in [4.69, 9.17) is 11.6 Å². The fourth-order valence-corrected chi connectivity index (χ4v) is 1.66. The van der Waals surface area contributed by atoms with Crippen molar-refractivity contribution in [3.63, 3.8) is 0 Å². The van der Waals surface area contributed by atoms with Crippen molar-refractivity contribution in [3.8, 4) is 0 Å². The lowest BCUT2D eigenvalue weighted by Crippen LogP contribution is -2.31. The number of aromatic amines is 1. The first kappa shape index (κ1) is 14.5. The van der Waals surface area contributed by atoms with Crippen molar-refractivity contribution in [2.75, 3.05) is 5.43 Å². The summed E-state index contributed by atoms with van der Waals surface area (Å²) in [5.41, 5.74) is 2.94. The Balaban J connectivity index is 2.17. The molecule has 21 heavy (non-hydrogen) atoms. The minimum Gasteiger partial charge on any atom is -0.307 e. The minimum absolute atomic E-state index is 0.238. The Morgan fingerprint density at radius 2 is 2.19 bits per heavy atom. The van der Waals surface area contributed by atoms with Crippen molar-refractivity contribution in [1.82, 2.24) is 15.4 Å². The number of carbonyl (C=O) groups is 1. The van der Waals surface area contributed by atoms with E-state index in [2.05, 4.69) is 20.8 Å². The molecule has 1 amide bonds. The lowest BCUT2D eigenvalue weighted by Gasteiger charge is -2.07. The van der Waals surface area contributed by atoms with Crippen LogP contribution in [-0.2, 0) is 0 Å². The van der Waals surface area contributed by atoms with Crippen LogP contribution < -0.4 is 16.4 Å². The average Bonchev–Trinajstić information content (AvgIpc) is 2.44. The number of hydrazine groups is 1. The number of nitrogens with zero attached hydrogens (tertiary/aromatic N) is 2. The van der Waals surface area contributed by atoms with Crippen LogP contribution in [0.3, 0.4) is 0 Å². The molecule has 0 spiro atoms. The smallest absolute Gasteiger partial charge is 0.307 e. The van der Waals surface area contributed by atoms with E-state index in [1.54, 1.807) is 12.1 Å². The van der Waals surface area contributed by atoms with Gasteiger partial charge in [-0.1, -0.05) is 17.7 Å². The second-order valence-corrected chi connectivity index (χ2v) is 4.21. The maximum absolute atomic E-state index is 11.8. The molecule has 0 unspecified atom stereocenters. The van der Waals surface area contributed by atoms with E-state index in [0.29, 0.717) is 5.02 Å². The third kappa shape index (κ3) is 3.34. The number of halogens is 1. The topological polar surface area (TPSA) is 130 Å². The van der Waals surface area contributed by atoms with Crippen LogP contribution in [0.25, 0.3) is 0 Å². The number of nitro groups is 1. The van der Waals surface area contributed by atoms with Gasteiger partial charge in [0.2, 0.25) is 5.82 Å². The highest BCUT2D eigenvalue weighted by atomic mass is 35.5.